The third-order valence-corrected chi connectivity index (χ3v) is 6.69. The monoisotopic (exact) mass is 403 g/mol. The summed E-state index contributed by atoms with van der Waals surface area (Å²) in [4.78, 5) is 14.8. The van der Waals surface area contributed by atoms with Crippen molar-refractivity contribution >= 4 is 23.9 Å². The van der Waals surface area contributed by atoms with Gasteiger partial charge in [0, 0.05) is 10.9 Å². The summed E-state index contributed by atoms with van der Waals surface area (Å²) in [6, 6.07) is 6.92. The number of likely N-dealkylation sites (tertiary alicyclic amines) is 1. The zero-order valence-corrected chi connectivity index (χ0v) is 17.3. The Morgan fingerprint density at radius 2 is 1.82 bits per heavy atom. The molecule has 0 bridgehead atoms. The van der Waals surface area contributed by atoms with Crippen LogP contribution in [0.15, 0.2) is 33.5 Å². The van der Waals surface area contributed by atoms with Gasteiger partial charge in [0.05, 0.1) is 19.8 Å². The van der Waals surface area contributed by atoms with E-state index in [4.69, 9.17) is 13.5 Å². The molecule has 0 unspecified atom stereocenters. The minimum atomic E-state index is -3.70. The highest BCUT2D eigenvalue weighted by Crippen LogP contribution is 2.46. The Bertz CT molecular complexity index is 972. The number of benzene rings is 1. The van der Waals surface area contributed by atoms with E-state index in [-0.39, 0.29) is 18.5 Å². The molecular formula is C21H26NO5P. The van der Waals surface area contributed by atoms with Gasteiger partial charge in [-0.3, -0.25) is 9.46 Å². The van der Waals surface area contributed by atoms with Gasteiger partial charge < -0.3 is 13.5 Å². The fraction of sp³-hybridized carbons (Fsp3) is 0.476. The number of hydrogen-bond acceptors (Lipinski definition) is 6. The molecule has 1 saturated heterocycles. The first kappa shape index (κ1) is 20.8. The average molecular weight is 403 g/mol. The van der Waals surface area contributed by atoms with Gasteiger partial charge in [-0.25, -0.2) is 4.79 Å². The summed E-state index contributed by atoms with van der Waals surface area (Å²) in [6.45, 7) is 6.67. The van der Waals surface area contributed by atoms with E-state index < -0.39 is 13.2 Å². The van der Waals surface area contributed by atoms with Gasteiger partial charge in [0.2, 0.25) is 0 Å². The molecule has 0 aliphatic carbocycles. The van der Waals surface area contributed by atoms with Gasteiger partial charge in [0.1, 0.15) is 5.58 Å². The highest BCUT2D eigenvalue weighted by atomic mass is 31.2. The molecule has 0 amide bonds. The maximum atomic E-state index is 12.9. The largest absolute Gasteiger partial charge is 0.422 e. The first-order chi connectivity index (χ1) is 13.6. The van der Waals surface area contributed by atoms with Gasteiger partial charge in [0.15, 0.2) is 5.30 Å². The summed E-state index contributed by atoms with van der Waals surface area (Å²) in [7, 11) is -3.70. The number of piperidine rings is 1. The van der Waals surface area contributed by atoms with Crippen LogP contribution in [0.5, 0.6) is 0 Å². The highest BCUT2D eigenvalue weighted by molar-refractivity contribution is 7.62. The minimum absolute atomic E-state index is 0.0763. The molecule has 7 heteroatoms. The van der Waals surface area contributed by atoms with E-state index in [2.05, 4.69) is 16.7 Å². The summed E-state index contributed by atoms with van der Waals surface area (Å²) < 4.78 is 28.8. The van der Waals surface area contributed by atoms with Crippen LogP contribution < -0.4 is 10.9 Å². The van der Waals surface area contributed by atoms with Crippen LogP contribution in [0.2, 0.25) is 0 Å². The molecule has 6 nitrogen and oxygen atoms in total. The van der Waals surface area contributed by atoms with Crippen LogP contribution in [0.1, 0.15) is 38.7 Å². The van der Waals surface area contributed by atoms with E-state index in [9.17, 15) is 9.36 Å². The van der Waals surface area contributed by atoms with E-state index >= 15 is 0 Å². The molecule has 2 aromatic rings. The third kappa shape index (κ3) is 4.92. The Hall–Kier alpha value is -1.90. The lowest BCUT2D eigenvalue weighted by molar-refractivity contribution is 0.229. The summed E-state index contributed by atoms with van der Waals surface area (Å²) in [5.41, 5.74) is 0.465. The molecule has 28 heavy (non-hydrogen) atoms. The van der Waals surface area contributed by atoms with Crippen molar-refractivity contribution in [3.63, 3.8) is 0 Å². The summed E-state index contributed by atoms with van der Waals surface area (Å²) in [6.07, 6.45) is 3.77. The molecule has 0 saturated carbocycles. The summed E-state index contributed by atoms with van der Waals surface area (Å²) in [5.74, 6) is 6.32. The van der Waals surface area contributed by atoms with E-state index in [1.165, 1.54) is 25.3 Å². The van der Waals surface area contributed by atoms with E-state index in [1.807, 2.05) is 6.07 Å². The van der Waals surface area contributed by atoms with Crippen molar-refractivity contribution in [1.29, 1.82) is 0 Å². The molecule has 0 atom stereocenters. The van der Waals surface area contributed by atoms with Crippen LogP contribution >= 0.6 is 7.60 Å². The molecule has 0 spiro atoms. The third-order valence-electron chi connectivity index (χ3n) is 4.59. The topological polar surface area (TPSA) is 69.0 Å². The molecular weight excluding hydrogens is 377 g/mol. The number of fused-ring (bicyclic) bond motifs is 1. The zero-order chi connectivity index (χ0) is 20.0. The number of hydrogen-bond donors (Lipinski definition) is 0. The van der Waals surface area contributed by atoms with Gasteiger partial charge in [0.25, 0.3) is 0 Å². The quantitative estimate of drug-likeness (QED) is 0.418. The summed E-state index contributed by atoms with van der Waals surface area (Å²) >= 11 is 0. The predicted molar refractivity (Wildman–Crippen MR) is 110 cm³/mol. The molecule has 0 N–H and O–H groups in total. The molecule has 1 aromatic carbocycles. The zero-order valence-electron chi connectivity index (χ0n) is 16.4. The number of rotatable bonds is 6. The smallest absolute Gasteiger partial charge is 0.368 e. The van der Waals surface area contributed by atoms with Crippen molar-refractivity contribution in [1.82, 2.24) is 4.90 Å². The fourth-order valence-electron chi connectivity index (χ4n) is 3.26. The first-order valence-corrected chi connectivity index (χ1v) is 11.3. The van der Waals surface area contributed by atoms with Crippen LogP contribution in [-0.4, -0.2) is 37.7 Å². The molecule has 0 radical (unpaired) electrons. The van der Waals surface area contributed by atoms with Gasteiger partial charge >= 0.3 is 13.2 Å². The molecule has 1 fully saturated rings. The Kier molecular flexibility index (Phi) is 7.09. The average Bonchev–Trinajstić information content (AvgIpc) is 2.68. The van der Waals surface area contributed by atoms with Crippen molar-refractivity contribution in [2.75, 3.05) is 32.8 Å². The second kappa shape index (κ2) is 9.54. The lowest BCUT2D eigenvalue weighted by Crippen LogP contribution is -2.29. The van der Waals surface area contributed by atoms with Gasteiger partial charge in [-0.15, -0.1) is 0 Å². The van der Waals surface area contributed by atoms with Crippen LogP contribution in [0.3, 0.4) is 0 Å². The maximum absolute atomic E-state index is 12.9. The highest BCUT2D eigenvalue weighted by Gasteiger charge is 2.31. The molecule has 2 heterocycles. The van der Waals surface area contributed by atoms with Crippen molar-refractivity contribution < 1.29 is 18.0 Å². The SMILES string of the molecule is CCOP(=O)(OCC)c1cc2ccc(C#CCN3CCCCC3)cc2oc1=O. The first-order valence-electron chi connectivity index (χ1n) is 9.74. The van der Waals surface area contributed by atoms with Crippen LogP contribution in [0.4, 0.5) is 0 Å². The van der Waals surface area contributed by atoms with Crippen molar-refractivity contribution in [2.24, 2.45) is 0 Å². The summed E-state index contributed by atoms with van der Waals surface area (Å²) in [5, 5.41) is 0.573. The molecule has 150 valence electrons. The van der Waals surface area contributed by atoms with Crippen LogP contribution in [0, 0.1) is 11.8 Å². The van der Waals surface area contributed by atoms with Crippen molar-refractivity contribution in [2.45, 2.75) is 33.1 Å². The lowest BCUT2D eigenvalue weighted by atomic mass is 10.1. The van der Waals surface area contributed by atoms with Gasteiger partial charge in [-0.1, -0.05) is 18.3 Å². The second-order valence-electron chi connectivity index (χ2n) is 6.64. The Labute approximate surface area is 165 Å². The Balaban J connectivity index is 1.86. The maximum Gasteiger partial charge on any atom is 0.368 e. The molecule has 1 aliphatic rings. The fourth-order valence-corrected chi connectivity index (χ4v) is 4.86. The standard InChI is InChI=1S/C21H26NO5P/c1-3-25-28(24,26-4-2)20-16-18-11-10-17(15-19(18)27-21(20)23)9-8-14-22-12-6-5-7-13-22/h10-11,15-16H,3-7,12-14H2,1-2H3. The van der Waals surface area contributed by atoms with Gasteiger partial charge in [-0.05, 0) is 64.0 Å². The van der Waals surface area contributed by atoms with Gasteiger partial charge in [-0.2, -0.15) is 0 Å². The molecule has 1 aromatic heterocycles. The second-order valence-corrected chi connectivity index (χ2v) is 8.64. The van der Waals surface area contributed by atoms with E-state index in [1.54, 1.807) is 26.0 Å². The van der Waals surface area contributed by atoms with E-state index in [0.29, 0.717) is 11.0 Å². The lowest BCUT2D eigenvalue weighted by Gasteiger charge is -2.23. The predicted octanol–water partition coefficient (Wildman–Crippen LogP) is 3.52. The normalized spacial score (nSPS) is 15.4. The Morgan fingerprint density at radius 3 is 2.50 bits per heavy atom. The van der Waals surface area contributed by atoms with Crippen LogP contribution in [0.25, 0.3) is 11.0 Å². The molecule has 3 rings (SSSR count). The van der Waals surface area contributed by atoms with Crippen molar-refractivity contribution in [3.8, 4) is 11.8 Å². The molecule has 1 aliphatic heterocycles. The number of nitrogens with zero attached hydrogens (tertiary/aromatic N) is 1. The Morgan fingerprint density at radius 1 is 1.11 bits per heavy atom. The van der Waals surface area contributed by atoms with Crippen LogP contribution in [-0.2, 0) is 13.6 Å². The van der Waals surface area contributed by atoms with Crippen molar-refractivity contribution in [3.05, 3.63) is 40.2 Å². The van der Waals surface area contributed by atoms with E-state index in [0.717, 1.165) is 25.2 Å². The minimum Gasteiger partial charge on any atom is -0.422 e.